The third kappa shape index (κ3) is 1.92. The van der Waals surface area contributed by atoms with Crippen LogP contribution in [0.3, 0.4) is 0 Å². The normalized spacial score (nSPS) is 10.4. The lowest BCUT2D eigenvalue weighted by Crippen LogP contribution is -2.21. The van der Waals surface area contributed by atoms with Gasteiger partial charge in [0.2, 0.25) is 5.78 Å². The molecule has 2 aromatic rings. The lowest BCUT2D eigenvalue weighted by atomic mass is 10.2. The summed E-state index contributed by atoms with van der Waals surface area (Å²) in [6.07, 6.45) is 2.01. The van der Waals surface area contributed by atoms with Crippen LogP contribution in [0.1, 0.15) is 11.3 Å². The summed E-state index contributed by atoms with van der Waals surface area (Å²) in [7, 11) is 1.75. The van der Waals surface area contributed by atoms with Gasteiger partial charge in [-0.15, -0.1) is 24.0 Å². The fourth-order valence-corrected chi connectivity index (χ4v) is 1.75. The van der Waals surface area contributed by atoms with Crippen LogP contribution in [0.2, 0.25) is 0 Å². The average Bonchev–Trinajstić information content (AvgIpc) is 2.55. The number of aromatic nitrogens is 4. The predicted molar refractivity (Wildman–Crippen MR) is 64.6 cm³/mol. The first-order valence-electron chi connectivity index (χ1n) is 4.61. The molecule has 0 aromatic carbocycles. The molecule has 0 amide bonds. The Balaban J connectivity index is 0.00000128. The standard InChI is InChI=1S/C9H11ClN4O.ClH/c1-6-7(3-4-10)8(15)14-5-11-13(2)9(14)12-6;/h5H,3-4H2,1-2H3;1H. The van der Waals surface area contributed by atoms with E-state index in [2.05, 4.69) is 10.1 Å². The lowest BCUT2D eigenvalue weighted by Gasteiger charge is -2.03. The van der Waals surface area contributed by atoms with Gasteiger partial charge >= 0.3 is 0 Å². The van der Waals surface area contributed by atoms with Crippen LogP contribution in [-0.4, -0.2) is 25.0 Å². The minimum absolute atomic E-state index is 0. The summed E-state index contributed by atoms with van der Waals surface area (Å²) in [5, 5.41) is 3.98. The molecular weight excluding hydrogens is 251 g/mol. The topological polar surface area (TPSA) is 52.2 Å². The Morgan fingerprint density at radius 3 is 2.81 bits per heavy atom. The van der Waals surface area contributed by atoms with Crippen molar-refractivity contribution in [2.45, 2.75) is 13.3 Å². The van der Waals surface area contributed by atoms with Crippen LogP contribution in [0.5, 0.6) is 0 Å². The van der Waals surface area contributed by atoms with Crippen molar-refractivity contribution in [1.29, 1.82) is 0 Å². The molecule has 0 aliphatic heterocycles. The van der Waals surface area contributed by atoms with Crippen molar-refractivity contribution >= 4 is 29.8 Å². The highest BCUT2D eigenvalue weighted by atomic mass is 35.5. The molecule has 2 aromatic heterocycles. The van der Waals surface area contributed by atoms with Gasteiger partial charge in [0.25, 0.3) is 5.56 Å². The molecular formula is C9H12Cl2N4O. The molecule has 0 aliphatic rings. The fraction of sp³-hybridized carbons (Fsp3) is 0.444. The van der Waals surface area contributed by atoms with Crippen LogP contribution in [-0.2, 0) is 13.5 Å². The summed E-state index contributed by atoms with van der Waals surface area (Å²) in [6, 6.07) is 0. The zero-order chi connectivity index (χ0) is 11.0. The van der Waals surface area contributed by atoms with Gasteiger partial charge in [0.1, 0.15) is 6.33 Å². The number of nitrogens with zero attached hydrogens (tertiary/aromatic N) is 4. The van der Waals surface area contributed by atoms with Crippen molar-refractivity contribution < 1.29 is 0 Å². The van der Waals surface area contributed by atoms with Gasteiger partial charge in [0.15, 0.2) is 0 Å². The van der Waals surface area contributed by atoms with Crippen molar-refractivity contribution in [2.24, 2.45) is 7.05 Å². The first-order chi connectivity index (χ1) is 7.15. The van der Waals surface area contributed by atoms with Gasteiger partial charge in [-0.2, -0.15) is 5.10 Å². The highest BCUT2D eigenvalue weighted by Crippen LogP contribution is 2.04. The van der Waals surface area contributed by atoms with E-state index in [1.807, 2.05) is 6.92 Å². The average molecular weight is 263 g/mol. The summed E-state index contributed by atoms with van der Waals surface area (Å²) in [5.74, 6) is 0.972. The second-order valence-corrected chi connectivity index (χ2v) is 3.72. The third-order valence-electron chi connectivity index (χ3n) is 2.37. The molecule has 0 unspecified atom stereocenters. The summed E-state index contributed by atoms with van der Waals surface area (Å²) in [4.78, 5) is 16.3. The maximum absolute atomic E-state index is 12.0. The quantitative estimate of drug-likeness (QED) is 0.758. The van der Waals surface area contributed by atoms with E-state index in [0.29, 0.717) is 23.6 Å². The number of fused-ring (bicyclic) bond motifs is 1. The second-order valence-electron chi connectivity index (χ2n) is 3.34. The second kappa shape index (κ2) is 4.84. The Bertz CT molecular complexity index is 560. The monoisotopic (exact) mass is 262 g/mol. The van der Waals surface area contributed by atoms with Crippen molar-refractivity contribution in [3.63, 3.8) is 0 Å². The largest absolute Gasteiger partial charge is 0.268 e. The third-order valence-corrected chi connectivity index (χ3v) is 2.56. The number of hydrogen-bond acceptors (Lipinski definition) is 3. The van der Waals surface area contributed by atoms with E-state index in [1.165, 1.54) is 10.7 Å². The van der Waals surface area contributed by atoms with E-state index < -0.39 is 0 Å². The summed E-state index contributed by atoms with van der Waals surface area (Å²) in [6.45, 7) is 1.82. The first kappa shape index (κ1) is 13.0. The maximum atomic E-state index is 12.0. The number of aryl methyl sites for hydroxylation is 2. The Morgan fingerprint density at radius 2 is 2.19 bits per heavy atom. The minimum atomic E-state index is -0.0775. The first-order valence-corrected chi connectivity index (χ1v) is 5.14. The zero-order valence-electron chi connectivity index (χ0n) is 8.97. The van der Waals surface area contributed by atoms with Crippen LogP contribution in [0, 0.1) is 6.92 Å². The molecule has 0 spiro atoms. The Morgan fingerprint density at radius 1 is 1.50 bits per heavy atom. The number of halogens is 2. The highest BCUT2D eigenvalue weighted by Gasteiger charge is 2.11. The van der Waals surface area contributed by atoms with Crippen molar-refractivity contribution in [3.05, 3.63) is 27.9 Å². The smallest absolute Gasteiger partial charge is 0.263 e. The van der Waals surface area contributed by atoms with E-state index >= 15 is 0 Å². The Hall–Kier alpha value is -1.07. The molecule has 0 radical (unpaired) electrons. The number of hydrogen-bond donors (Lipinski definition) is 0. The van der Waals surface area contributed by atoms with E-state index in [4.69, 9.17) is 11.6 Å². The van der Waals surface area contributed by atoms with Gasteiger partial charge in [-0.05, 0) is 13.3 Å². The molecule has 0 aliphatic carbocycles. The molecule has 0 saturated heterocycles. The Kier molecular flexibility index (Phi) is 3.93. The van der Waals surface area contributed by atoms with Crippen LogP contribution in [0.15, 0.2) is 11.1 Å². The van der Waals surface area contributed by atoms with Gasteiger partial charge < -0.3 is 0 Å². The van der Waals surface area contributed by atoms with Crippen LogP contribution < -0.4 is 5.56 Å². The van der Waals surface area contributed by atoms with E-state index in [-0.39, 0.29) is 18.0 Å². The Labute approximate surface area is 103 Å². The van der Waals surface area contributed by atoms with Crippen LogP contribution >= 0.6 is 24.0 Å². The molecule has 0 atom stereocenters. The lowest BCUT2D eigenvalue weighted by molar-refractivity contribution is 0.780. The highest BCUT2D eigenvalue weighted by molar-refractivity contribution is 6.17. The van der Waals surface area contributed by atoms with Crippen molar-refractivity contribution in [2.75, 3.05) is 5.88 Å². The van der Waals surface area contributed by atoms with Gasteiger partial charge in [0, 0.05) is 18.5 Å². The van der Waals surface area contributed by atoms with Gasteiger partial charge in [-0.25, -0.2) is 14.1 Å². The molecule has 2 rings (SSSR count). The van der Waals surface area contributed by atoms with Gasteiger partial charge in [-0.1, -0.05) is 0 Å². The minimum Gasteiger partial charge on any atom is -0.268 e. The fourth-order valence-electron chi connectivity index (χ4n) is 1.56. The molecule has 0 saturated carbocycles. The van der Waals surface area contributed by atoms with Crippen LogP contribution in [0.25, 0.3) is 5.78 Å². The molecule has 7 heteroatoms. The van der Waals surface area contributed by atoms with Crippen LogP contribution in [0.4, 0.5) is 0 Å². The molecule has 88 valence electrons. The number of alkyl halides is 1. The molecule has 2 heterocycles. The zero-order valence-corrected chi connectivity index (χ0v) is 10.5. The van der Waals surface area contributed by atoms with Gasteiger partial charge in [0.05, 0.1) is 5.69 Å². The summed E-state index contributed by atoms with van der Waals surface area (Å²) < 4.78 is 3.01. The van der Waals surface area contributed by atoms with Crippen molar-refractivity contribution in [3.8, 4) is 0 Å². The predicted octanol–water partition coefficient (Wildman–Crippen LogP) is 0.940. The molecule has 0 fully saturated rings. The maximum Gasteiger partial charge on any atom is 0.263 e. The SMILES string of the molecule is Cc1nc2n(C)ncn2c(=O)c1CCCl.Cl. The number of rotatable bonds is 2. The summed E-state index contributed by atoms with van der Waals surface area (Å²) >= 11 is 5.64. The van der Waals surface area contributed by atoms with E-state index in [1.54, 1.807) is 11.7 Å². The molecule has 5 nitrogen and oxygen atoms in total. The molecule has 0 N–H and O–H groups in total. The van der Waals surface area contributed by atoms with E-state index in [0.717, 1.165) is 5.69 Å². The van der Waals surface area contributed by atoms with Crippen molar-refractivity contribution in [1.82, 2.24) is 19.2 Å². The van der Waals surface area contributed by atoms with E-state index in [9.17, 15) is 4.79 Å². The molecule has 0 bridgehead atoms. The summed E-state index contributed by atoms with van der Waals surface area (Å²) in [5.41, 5.74) is 1.31. The van der Waals surface area contributed by atoms with Gasteiger partial charge in [-0.3, -0.25) is 4.79 Å². The molecule has 16 heavy (non-hydrogen) atoms.